The molecule has 0 bridgehead atoms. The van der Waals surface area contributed by atoms with Gasteiger partial charge in [-0.3, -0.25) is 4.79 Å². The average Bonchev–Trinajstić information content (AvgIpc) is 2.46. The molecule has 0 aliphatic carbocycles. The van der Waals surface area contributed by atoms with Crippen LogP contribution in [0.3, 0.4) is 0 Å². The number of hydrogen-bond acceptors (Lipinski definition) is 4. The van der Waals surface area contributed by atoms with E-state index < -0.39 is 25.0 Å². The molecule has 0 saturated carbocycles. The highest BCUT2D eigenvalue weighted by Crippen LogP contribution is 2.30. The standard InChI is InChI=1S/C7H8F2N4O2/c8-7(9)3-12(4-7)5-1-10-11-13(5)2-6(14)15/h1H,2-4H2,(H,14,15). The van der Waals surface area contributed by atoms with Gasteiger partial charge in [-0.05, 0) is 0 Å². The van der Waals surface area contributed by atoms with Crippen LogP contribution in [-0.2, 0) is 11.3 Å². The third kappa shape index (κ3) is 1.88. The number of hydrogen-bond donors (Lipinski definition) is 1. The molecule has 82 valence electrons. The average molecular weight is 218 g/mol. The van der Waals surface area contributed by atoms with E-state index in [1.165, 1.54) is 11.1 Å². The molecule has 6 nitrogen and oxygen atoms in total. The zero-order chi connectivity index (χ0) is 11.1. The summed E-state index contributed by atoms with van der Waals surface area (Å²) >= 11 is 0. The second-order valence-corrected chi connectivity index (χ2v) is 3.36. The molecule has 0 atom stereocenters. The topological polar surface area (TPSA) is 71.2 Å². The maximum atomic E-state index is 12.6. The molecule has 1 saturated heterocycles. The highest BCUT2D eigenvalue weighted by molar-refractivity contribution is 5.67. The lowest BCUT2D eigenvalue weighted by atomic mass is 10.1. The molecule has 1 aromatic rings. The monoisotopic (exact) mass is 218 g/mol. The van der Waals surface area contributed by atoms with Crippen molar-refractivity contribution in [3.8, 4) is 0 Å². The molecular formula is C7H8F2N4O2. The number of carbonyl (C=O) groups is 1. The molecule has 8 heteroatoms. The molecule has 0 amide bonds. The fourth-order valence-electron chi connectivity index (χ4n) is 1.41. The van der Waals surface area contributed by atoms with E-state index in [-0.39, 0.29) is 6.54 Å². The summed E-state index contributed by atoms with van der Waals surface area (Å²) in [6.07, 6.45) is 1.28. The molecular weight excluding hydrogens is 210 g/mol. The highest BCUT2D eigenvalue weighted by Gasteiger charge is 2.45. The summed E-state index contributed by atoms with van der Waals surface area (Å²) in [5, 5.41) is 15.5. The quantitative estimate of drug-likeness (QED) is 0.761. The number of anilines is 1. The first-order valence-electron chi connectivity index (χ1n) is 4.21. The molecule has 0 radical (unpaired) electrons. The van der Waals surface area contributed by atoms with E-state index in [0.717, 1.165) is 4.68 Å². The first-order valence-corrected chi connectivity index (χ1v) is 4.21. The summed E-state index contributed by atoms with van der Waals surface area (Å²) in [5.74, 6) is -3.48. The number of aromatic nitrogens is 3. The van der Waals surface area contributed by atoms with Gasteiger partial charge in [-0.15, -0.1) is 5.10 Å². The number of aliphatic carboxylic acids is 1. The Bertz CT molecular complexity index is 384. The molecule has 1 aliphatic heterocycles. The van der Waals surface area contributed by atoms with Gasteiger partial charge in [0.15, 0.2) is 0 Å². The van der Waals surface area contributed by atoms with Crippen molar-refractivity contribution in [2.24, 2.45) is 0 Å². The summed E-state index contributed by atoms with van der Waals surface area (Å²) in [6.45, 7) is -1.21. The van der Waals surface area contributed by atoms with Crippen molar-refractivity contribution in [3.63, 3.8) is 0 Å². The minimum Gasteiger partial charge on any atom is -0.480 e. The molecule has 0 spiro atoms. The van der Waals surface area contributed by atoms with E-state index in [9.17, 15) is 13.6 Å². The Morgan fingerprint density at radius 2 is 2.27 bits per heavy atom. The van der Waals surface area contributed by atoms with E-state index in [4.69, 9.17) is 5.11 Å². The van der Waals surface area contributed by atoms with Crippen molar-refractivity contribution < 1.29 is 18.7 Å². The Morgan fingerprint density at radius 1 is 1.60 bits per heavy atom. The van der Waals surface area contributed by atoms with Crippen molar-refractivity contribution in [2.45, 2.75) is 12.5 Å². The number of carboxylic acids is 1. The Hall–Kier alpha value is -1.73. The Balaban J connectivity index is 2.09. The van der Waals surface area contributed by atoms with Gasteiger partial charge in [0, 0.05) is 0 Å². The normalized spacial score (nSPS) is 18.7. The number of halogens is 2. The minimum absolute atomic E-state index is 0.309. The predicted octanol–water partition coefficient (Wildman–Crippen LogP) is -0.182. The zero-order valence-corrected chi connectivity index (χ0v) is 7.60. The molecule has 0 aromatic carbocycles. The number of alkyl halides is 2. The molecule has 15 heavy (non-hydrogen) atoms. The fourth-order valence-corrected chi connectivity index (χ4v) is 1.41. The third-order valence-corrected chi connectivity index (χ3v) is 2.05. The largest absolute Gasteiger partial charge is 0.480 e. The number of nitrogens with zero attached hydrogens (tertiary/aromatic N) is 4. The van der Waals surface area contributed by atoms with E-state index in [1.54, 1.807) is 0 Å². The summed E-state index contributed by atoms with van der Waals surface area (Å²) in [4.78, 5) is 11.8. The Morgan fingerprint density at radius 3 is 2.80 bits per heavy atom. The molecule has 1 aliphatic rings. The van der Waals surface area contributed by atoms with Crippen LogP contribution in [0.1, 0.15) is 0 Å². The maximum absolute atomic E-state index is 12.6. The van der Waals surface area contributed by atoms with Gasteiger partial charge in [-0.25, -0.2) is 13.5 Å². The SMILES string of the molecule is O=C(O)Cn1nncc1N1CC(F)(F)C1. The summed E-state index contributed by atoms with van der Waals surface area (Å²) in [7, 11) is 0. The van der Waals surface area contributed by atoms with Crippen LogP contribution in [0.25, 0.3) is 0 Å². The van der Waals surface area contributed by atoms with Crippen molar-refractivity contribution in [3.05, 3.63) is 6.20 Å². The molecule has 2 heterocycles. The van der Waals surface area contributed by atoms with E-state index >= 15 is 0 Å². The maximum Gasteiger partial charge on any atom is 0.325 e. The second kappa shape index (κ2) is 3.14. The lowest BCUT2D eigenvalue weighted by Gasteiger charge is -2.39. The van der Waals surface area contributed by atoms with Crippen LogP contribution in [0, 0.1) is 0 Å². The molecule has 1 aromatic heterocycles. The van der Waals surface area contributed by atoms with Crippen LogP contribution in [0.5, 0.6) is 0 Å². The zero-order valence-electron chi connectivity index (χ0n) is 7.60. The molecule has 1 fully saturated rings. The van der Waals surface area contributed by atoms with Crippen molar-refractivity contribution in [1.29, 1.82) is 0 Å². The van der Waals surface area contributed by atoms with Crippen molar-refractivity contribution >= 4 is 11.8 Å². The van der Waals surface area contributed by atoms with Gasteiger partial charge >= 0.3 is 5.97 Å². The summed E-state index contributed by atoms with van der Waals surface area (Å²) in [5.41, 5.74) is 0. The van der Waals surface area contributed by atoms with Gasteiger partial charge in [0.2, 0.25) is 0 Å². The molecule has 1 N–H and O–H groups in total. The Kier molecular flexibility index (Phi) is 2.06. The van der Waals surface area contributed by atoms with Gasteiger partial charge in [0.25, 0.3) is 5.92 Å². The summed E-state index contributed by atoms with van der Waals surface area (Å²) < 4.78 is 26.2. The van der Waals surface area contributed by atoms with Gasteiger partial charge in [0.1, 0.15) is 12.4 Å². The first-order chi connectivity index (χ1) is 6.98. The van der Waals surface area contributed by atoms with Gasteiger partial charge in [0.05, 0.1) is 19.3 Å². The van der Waals surface area contributed by atoms with E-state index in [1.807, 2.05) is 0 Å². The molecule has 0 unspecified atom stereocenters. The van der Waals surface area contributed by atoms with Gasteiger partial charge in [-0.1, -0.05) is 5.21 Å². The fraction of sp³-hybridized carbons (Fsp3) is 0.571. The van der Waals surface area contributed by atoms with Gasteiger partial charge < -0.3 is 10.0 Å². The predicted molar refractivity (Wildman–Crippen MR) is 44.8 cm³/mol. The van der Waals surface area contributed by atoms with Crippen LogP contribution < -0.4 is 4.90 Å². The third-order valence-electron chi connectivity index (χ3n) is 2.05. The minimum atomic E-state index is -2.70. The smallest absolute Gasteiger partial charge is 0.325 e. The number of carboxylic acid groups (broad SMARTS) is 1. The lowest BCUT2D eigenvalue weighted by Crippen LogP contribution is -2.57. The van der Waals surface area contributed by atoms with Crippen LogP contribution >= 0.6 is 0 Å². The summed E-state index contributed by atoms with van der Waals surface area (Å²) in [6, 6.07) is 0. The highest BCUT2D eigenvalue weighted by atomic mass is 19.3. The molecule has 2 rings (SSSR count). The van der Waals surface area contributed by atoms with Crippen LogP contribution in [-0.4, -0.2) is 45.1 Å². The van der Waals surface area contributed by atoms with Gasteiger partial charge in [-0.2, -0.15) is 0 Å². The van der Waals surface area contributed by atoms with E-state index in [0.29, 0.717) is 5.82 Å². The second-order valence-electron chi connectivity index (χ2n) is 3.36. The lowest BCUT2D eigenvalue weighted by molar-refractivity contribution is -0.137. The number of rotatable bonds is 3. The van der Waals surface area contributed by atoms with Crippen molar-refractivity contribution in [2.75, 3.05) is 18.0 Å². The Labute approximate surface area is 83.1 Å². The van der Waals surface area contributed by atoms with Crippen molar-refractivity contribution in [1.82, 2.24) is 15.0 Å². The van der Waals surface area contributed by atoms with Crippen LogP contribution in [0.4, 0.5) is 14.6 Å². The van der Waals surface area contributed by atoms with Crippen LogP contribution in [0.2, 0.25) is 0 Å². The first kappa shape index (κ1) is 9.81. The van der Waals surface area contributed by atoms with E-state index in [2.05, 4.69) is 10.3 Å². The van der Waals surface area contributed by atoms with Crippen LogP contribution in [0.15, 0.2) is 6.20 Å².